The Hall–Kier alpha value is -2.48. The van der Waals surface area contributed by atoms with Crippen LogP contribution in [0.4, 0.5) is 5.69 Å². The number of hydrogen-bond acceptors (Lipinski definition) is 5. The minimum absolute atomic E-state index is 0.0474. The van der Waals surface area contributed by atoms with E-state index in [-0.39, 0.29) is 17.6 Å². The van der Waals surface area contributed by atoms with Crippen molar-refractivity contribution in [3.8, 4) is 0 Å². The van der Waals surface area contributed by atoms with E-state index in [1.165, 1.54) is 24.3 Å². The summed E-state index contributed by atoms with van der Waals surface area (Å²) in [7, 11) is 0. The lowest BCUT2D eigenvalue weighted by atomic mass is 10.0. The fourth-order valence-electron chi connectivity index (χ4n) is 3.10. The minimum Gasteiger partial charge on any atom is -0.379 e. The number of carbonyl (C=O) groups is 1. The Morgan fingerprint density at radius 2 is 1.85 bits per heavy atom. The highest BCUT2D eigenvalue weighted by Gasteiger charge is 2.25. The molecule has 1 atom stereocenters. The molecule has 1 heterocycles. The molecular weight excluding hydrogens is 370 g/mol. The number of nitro benzene ring substituents is 1. The molecule has 0 saturated carbocycles. The van der Waals surface area contributed by atoms with Crippen molar-refractivity contribution in [1.82, 2.24) is 10.2 Å². The van der Waals surface area contributed by atoms with Crippen molar-refractivity contribution in [1.29, 1.82) is 0 Å². The first-order chi connectivity index (χ1) is 13.1. The molecule has 1 saturated heterocycles. The van der Waals surface area contributed by atoms with E-state index in [4.69, 9.17) is 16.3 Å². The zero-order valence-corrected chi connectivity index (χ0v) is 15.4. The molecule has 1 aliphatic rings. The number of non-ortho nitro benzene ring substituents is 1. The second kappa shape index (κ2) is 8.94. The van der Waals surface area contributed by atoms with Gasteiger partial charge in [0.25, 0.3) is 11.6 Å². The van der Waals surface area contributed by atoms with E-state index in [9.17, 15) is 14.9 Å². The Morgan fingerprint density at radius 3 is 2.48 bits per heavy atom. The summed E-state index contributed by atoms with van der Waals surface area (Å²) in [6, 6.07) is 13.1. The average Bonchev–Trinajstić information content (AvgIpc) is 2.70. The molecule has 1 fully saturated rings. The Morgan fingerprint density at radius 1 is 1.19 bits per heavy atom. The van der Waals surface area contributed by atoms with Gasteiger partial charge in [-0.05, 0) is 23.8 Å². The van der Waals surface area contributed by atoms with Crippen molar-refractivity contribution in [2.75, 3.05) is 32.8 Å². The first kappa shape index (κ1) is 19.3. The van der Waals surface area contributed by atoms with E-state index in [1.807, 2.05) is 24.3 Å². The molecule has 7 nitrogen and oxygen atoms in total. The van der Waals surface area contributed by atoms with E-state index in [1.54, 1.807) is 0 Å². The van der Waals surface area contributed by atoms with Gasteiger partial charge in [-0.15, -0.1) is 0 Å². The molecule has 3 rings (SSSR count). The summed E-state index contributed by atoms with van der Waals surface area (Å²) in [5.74, 6) is -0.282. The number of hydrogen-bond donors (Lipinski definition) is 1. The lowest BCUT2D eigenvalue weighted by molar-refractivity contribution is -0.384. The summed E-state index contributed by atoms with van der Waals surface area (Å²) in [5, 5.41) is 14.3. The lowest BCUT2D eigenvalue weighted by Gasteiger charge is -2.35. The average molecular weight is 390 g/mol. The molecule has 0 aromatic heterocycles. The Bertz CT molecular complexity index is 807. The molecule has 2 aromatic rings. The van der Waals surface area contributed by atoms with E-state index < -0.39 is 4.92 Å². The molecule has 8 heteroatoms. The number of rotatable bonds is 6. The third-order valence-electron chi connectivity index (χ3n) is 4.55. The number of carbonyl (C=O) groups excluding carboxylic acids is 1. The molecule has 0 spiro atoms. The topological polar surface area (TPSA) is 84.7 Å². The first-order valence-corrected chi connectivity index (χ1v) is 9.03. The number of nitrogens with one attached hydrogen (secondary N) is 1. The third-order valence-corrected chi connectivity index (χ3v) is 4.89. The third kappa shape index (κ3) is 4.82. The number of amides is 1. The zero-order chi connectivity index (χ0) is 19.2. The Labute approximate surface area is 162 Å². The van der Waals surface area contributed by atoms with Gasteiger partial charge in [0.1, 0.15) is 0 Å². The van der Waals surface area contributed by atoms with Gasteiger partial charge in [-0.3, -0.25) is 19.8 Å². The summed E-state index contributed by atoms with van der Waals surface area (Å²) in [6.07, 6.45) is 0. The van der Waals surface area contributed by atoms with Gasteiger partial charge >= 0.3 is 0 Å². The van der Waals surface area contributed by atoms with Crippen LogP contribution in [-0.2, 0) is 4.74 Å². The normalized spacial score (nSPS) is 15.9. The second-order valence-corrected chi connectivity index (χ2v) is 6.61. The first-order valence-electron chi connectivity index (χ1n) is 8.65. The van der Waals surface area contributed by atoms with Gasteiger partial charge in [0, 0.05) is 42.4 Å². The van der Waals surface area contributed by atoms with Gasteiger partial charge in [-0.2, -0.15) is 0 Å². The number of ether oxygens (including phenoxy) is 1. The number of nitrogens with zero attached hydrogens (tertiary/aromatic N) is 2. The zero-order valence-electron chi connectivity index (χ0n) is 14.6. The highest BCUT2D eigenvalue weighted by Crippen LogP contribution is 2.28. The minimum atomic E-state index is -0.493. The Kier molecular flexibility index (Phi) is 6.39. The molecule has 142 valence electrons. The molecule has 0 aliphatic carbocycles. The van der Waals surface area contributed by atoms with Crippen LogP contribution < -0.4 is 5.32 Å². The predicted molar refractivity (Wildman–Crippen MR) is 102 cm³/mol. The van der Waals surface area contributed by atoms with Crippen molar-refractivity contribution in [3.05, 3.63) is 74.8 Å². The van der Waals surface area contributed by atoms with Crippen molar-refractivity contribution in [2.24, 2.45) is 0 Å². The summed E-state index contributed by atoms with van der Waals surface area (Å²) in [5.41, 5.74) is 1.28. The van der Waals surface area contributed by atoms with Gasteiger partial charge in [0.2, 0.25) is 0 Å². The molecule has 0 radical (unpaired) electrons. The summed E-state index contributed by atoms with van der Waals surface area (Å²) in [4.78, 5) is 25.0. The monoisotopic (exact) mass is 389 g/mol. The van der Waals surface area contributed by atoms with Crippen LogP contribution in [0.25, 0.3) is 0 Å². The van der Waals surface area contributed by atoms with Gasteiger partial charge in [0.15, 0.2) is 0 Å². The van der Waals surface area contributed by atoms with Gasteiger partial charge < -0.3 is 10.1 Å². The van der Waals surface area contributed by atoms with Crippen LogP contribution >= 0.6 is 11.6 Å². The second-order valence-electron chi connectivity index (χ2n) is 6.20. The maximum absolute atomic E-state index is 12.5. The molecule has 0 bridgehead atoms. The molecule has 1 unspecified atom stereocenters. The lowest BCUT2D eigenvalue weighted by Crippen LogP contribution is -2.44. The largest absolute Gasteiger partial charge is 0.379 e. The van der Waals surface area contributed by atoms with E-state index >= 15 is 0 Å². The number of morpholine rings is 1. The number of halogens is 1. The van der Waals surface area contributed by atoms with E-state index in [0.717, 1.165) is 18.7 Å². The van der Waals surface area contributed by atoms with Crippen LogP contribution in [0, 0.1) is 10.1 Å². The molecule has 2 aromatic carbocycles. The van der Waals surface area contributed by atoms with Crippen LogP contribution in [0.15, 0.2) is 48.5 Å². The fraction of sp³-hybridized carbons (Fsp3) is 0.316. The van der Waals surface area contributed by atoms with Crippen molar-refractivity contribution < 1.29 is 14.5 Å². The molecule has 27 heavy (non-hydrogen) atoms. The highest BCUT2D eigenvalue weighted by atomic mass is 35.5. The molecular formula is C19H20ClN3O4. The standard InChI is InChI=1S/C19H20ClN3O4/c20-17-4-2-1-3-16(17)18(22-9-11-27-12-10-22)13-21-19(24)14-5-7-15(8-6-14)23(25)26/h1-8,18H,9-13H2,(H,21,24). The fourth-order valence-corrected chi connectivity index (χ4v) is 3.36. The van der Waals surface area contributed by atoms with Crippen molar-refractivity contribution in [3.63, 3.8) is 0 Å². The maximum Gasteiger partial charge on any atom is 0.269 e. The van der Waals surface area contributed by atoms with Crippen molar-refractivity contribution >= 4 is 23.2 Å². The van der Waals surface area contributed by atoms with E-state index in [2.05, 4.69) is 10.2 Å². The maximum atomic E-state index is 12.5. The van der Waals surface area contributed by atoms with Crippen molar-refractivity contribution in [2.45, 2.75) is 6.04 Å². The smallest absolute Gasteiger partial charge is 0.269 e. The molecule has 1 aliphatic heterocycles. The number of benzene rings is 2. The Balaban J connectivity index is 1.73. The van der Waals surface area contributed by atoms with Gasteiger partial charge in [-0.1, -0.05) is 29.8 Å². The quantitative estimate of drug-likeness (QED) is 0.606. The van der Waals surface area contributed by atoms with Crippen LogP contribution in [0.1, 0.15) is 22.0 Å². The molecule has 1 N–H and O–H groups in total. The van der Waals surface area contributed by atoms with Gasteiger partial charge in [0.05, 0.1) is 24.2 Å². The highest BCUT2D eigenvalue weighted by molar-refractivity contribution is 6.31. The van der Waals surface area contributed by atoms with Crippen LogP contribution in [0.3, 0.4) is 0 Å². The summed E-state index contributed by atoms with van der Waals surface area (Å²) in [6.45, 7) is 3.15. The summed E-state index contributed by atoms with van der Waals surface area (Å²) < 4.78 is 5.42. The number of nitro groups is 1. The van der Waals surface area contributed by atoms with Crippen LogP contribution in [0.2, 0.25) is 5.02 Å². The van der Waals surface area contributed by atoms with E-state index in [0.29, 0.717) is 30.3 Å². The molecule has 1 amide bonds. The predicted octanol–water partition coefficient (Wildman–Crippen LogP) is 3.05. The summed E-state index contributed by atoms with van der Waals surface area (Å²) >= 11 is 6.38. The van der Waals surface area contributed by atoms with Crippen LogP contribution in [0.5, 0.6) is 0 Å². The van der Waals surface area contributed by atoms with Gasteiger partial charge in [-0.25, -0.2) is 0 Å². The van der Waals surface area contributed by atoms with Crippen LogP contribution in [-0.4, -0.2) is 48.6 Å². The SMILES string of the molecule is O=C(NCC(c1ccccc1Cl)N1CCOCC1)c1ccc([N+](=O)[O-])cc1.